The van der Waals surface area contributed by atoms with Gasteiger partial charge in [-0.25, -0.2) is 4.79 Å². The maximum atomic E-state index is 11.5. The molecule has 6 nitrogen and oxygen atoms in total. The summed E-state index contributed by atoms with van der Waals surface area (Å²) < 4.78 is 10.3. The predicted molar refractivity (Wildman–Crippen MR) is 74.0 cm³/mol. The summed E-state index contributed by atoms with van der Waals surface area (Å²) in [7, 11) is 0. The highest BCUT2D eigenvalue weighted by molar-refractivity contribution is 5.92. The summed E-state index contributed by atoms with van der Waals surface area (Å²) in [6.07, 6.45) is 0.0826. The van der Waals surface area contributed by atoms with Crippen LogP contribution in [0.4, 0.5) is 5.69 Å². The Bertz CT molecular complexity index is 484. The number of amides is 1. The summed E-state index contributed by atoms with van der Waals surface area (Å²) in [5.74, 6) is -0.770. The van der Waals surface area contributed by atoms with Gasteiger partial charge in [-0.2, -0.15) is 0 Å². The molecule has 0 aliphatic heterocycles. The van der Waals surface area contributed by atoms with Crippen LogP contribution in [0.15, 0.2) is 18.2 Å². The lowest BCUT2D eigenvalue weighted by Crippen LogP contribution is -2.21. The topological polar surface area (TPSA) is 84.9 Å². The minimum atomic E-state index is -1.11. The minimum Gasteiger partial charge on any atom is -0.491 e. The SMILES string of the molecule is Cc1cc(OC(C)C)ccc1NC(=O)COCC(=O)O. The number of rotatable bonds is 7. The molecule has 1 amide bonds. The zero-order valence-corrected chi connectivity index (χ0v) is 11.8. The van der Waals surface area contributed by atoms with Gasteiger partial charge in [-0.3, -0.25) is 4.79 Å². The second kappa shape index (κ2) is 7.49. The first-order chi connectivity index (χ1) is 9.38. The molecule has 1 aromatic rings. The van der Waals surface area contributed by atoms with Crippen molar-refractivity contribution in [1.29, 1.82) is 0 Å². The number of hydrogen-bond donors (Lipinski definition) is 2. The third-order valence-electron chi connectivity index (χ3n) is 2.30. The fourth-order valence-corrected chi connectivity index (χ4v) is 1.54. The van der Waals surface area contributed by atoms with Gasteiger partial charge in [0, 0.05) is 5.69 Å². The van der Waals surface area contributed by atoms with Crippen molar-refractivity contribution >= 4 is 17.6 Å². The molecule has 0 radical (unpaired) electrons. The highest BCUT2D eigenvalue weighted by Crippen LogP contribution is 2.22. The molecule has 110 valence electrons. The number of hydrogen-bond acceptors (Lipinski definition) is 4. The van der Waals surface area contributed by atoms with Crippen LogP contribution in [0.25, 0.3) is 0 Å². The molecule has 0 atom stereocenters. The molecule has 20 heavy (non-hydrogen) atoms. The molecular formula is C14H19NO5. The van der Waals surface area contributed by atoms with Crippen molar-refractivity contribution in [3.8, 4) is 5.75 Å². The summed E-state index contributed by atoms with van der Waals surface area (Å²) in [6, 6.07) is 5.33. The molecule has 6 heteroatoms. The average Bonchev–Trinajstić information content (AvgIpc) is 2.31. The van der Waals surface area contributed by atoms with Gasteiger partial charge in [-0.15, -0.1) is 0 Å². The summed E-state index contributed by atoms with van der Waals surface area (Å²) in [5, 5.41) is 11.0. The van der Waals surface area contributed by atoms with Crippen LogP contribution in [-0.2, 0) is 14.3 Å². The van der Waals surface area contributed by atoms with Crippen LogP contribution < -0.4 is 10.1 Å². The summed E-state index contributed by atoms with van der Waals surface area (Å²) >= 11 is 0. The van der Waals surface area contributed by atoms with Gasteiger partial charge in [0.25, 0.3) is 0 Å². The van der Waals surface area contributed by atoms with E-state index in [1.165, 1.54) is 0 Å². The molecule has 0 aliphatic carbocycles. The first kappa shape index (κ1) is 16.0. The van der Waals surface area contributed by atoms with Crippen LogP contribution >= 0.6 is 0 Å². The van der Waals surface area contributed by atoms with Gasteiger partial charge >= 0.3 is 5.97 Å². The van der Waals surface area contributed by atoms with E-state index in [2.05, 4.69) is 5.32 Å². The number of aryl methyl sites for hydroxylation is 1. The van der Waals surface area contributed by atoms with Crippen molar-refractivity contribution in [1.82, 2.24) is 0 Å². The third kappa shape index (κ3) is 5.71. The molecule has 0 spiro atoms. The molecule has 0 aromatic heterocycles. The van der Waals surface area contributed by atoms with E-state index in [0.717, 1.165) is 11.3 Å². The van der Waals surface area contributed by atoms with Crippen molar-refractivity contribution in [3.63, 3.8) is 0 Å². The zero-order valence-electron chi connectivity index (χ0n) is 11.8. The number of carbonyl (C=O) groups is 2. The van der Waals surface area contributed by atoms with Crippen molar-refractivity contribution in [2.24, 2.45) is 0 Å². The first-order valence-corrected chi connectivity index (χ1v) is 6.25. The molecule has 2 N–H and O–H groups in total. The van der Waals surface area contributed by atoms with Crippen molar-refractivity contribution in [2.45, 2.75) is 26.9 Å². The van der Waals surface area contributed by atoms with Gasteiger partial charge in [0.15, 0.2) is 0 Å². The maximum Gasteiger partial charge on any atom is 0.329 e. The zero-order chi connectivity index (χ0) is 15.1. The maximum absolute atomic E-state index is 11.5. The average molecular weight is 281 g/mol. The third-order valence-corrected chi connectivity index (χ3v) is 2.30. The standard InChI is InChI=1S/C14H19NO5/c1-9(2)20-11-4-5-12(10(3)6-11)15-13(16)7-19-8-14(17)18/h4-6,9H,7-8H2,1-3H3,(H,15,16)(H,17,18). The molecule has 0 heterocycles. The quantitative estimate of drug-likeness (QED) is 0.796. The summed E-state index contributed by atoms with van der Waals surface area (Å²) in [4.78, 5) is 21.8. The summed E-state index contributed by atoms with van der Waals surface area (Å²) in [6.45, 7) is 4.93. The molecule has 1 rings (SSSR count). The van der Waals surface area contributed by atoms with Gasteiger partial charge in [0.2, 0.25) is 5.91 Å². The van der Waals surface area contributed by atoms with Gasteiger partial charge in [0.05, 0.1) is 6.10 Å². The first-order valence-electron chi connectivity index (χ1n) is 6.25. The fraction of sp³-hybridized carbons (Fsp3) is 0.429. The fourth-order valence-electron chi connectivity index (χ4n) is 1.54. The van der Waals surface area contributed by atoms with E-state index in [1.54, 1.807) is 12.1 Å². The van der Waals surface area contributed by atoms with E-state index < -0.39 is 18.5 Å². The predicted octanol–water partition coefficient (Wildman–Crippen LogP) is 1.82. The Hall–Kier alpha value is -2.08. The highest BCUT2D eigenvalue weighted by Gasteiger charge is 2.07. The van der Waals surface area contributed by atoms with Gasteiger partial charge in [-0.05, 0) is 44.5 Å². The van der Waals surface area contributed by atoms with Crippen LogP contribution in [0.3, 0.4) is 0 Å². The van der Waals surface area contributed by atoms with Crippen LogP contribution in [0.5, 0.6) is 5.75 Å². The lowest BCUT2D eigenvalue weighted by molar-refractivity contribution is -0.143. The van der Waals surface area contributed by atoms with Gasteiger partial charge < -0.3 is 19.9 Å². The number of anilines is 1. The van der Waals surface area contributed by atoms with E-state index in [9.17, 15) is 9.59 Å². The van der Waals surface area contributed by atoms with Crippen molar-refractivity contribution in [2.75, 3.05) is 18.5 Å². The molecule has 0 unspecified atom stereocenters. The van der Waals surface area contributed by atoms with E-state index >= 15 is 0 Å². The van der Waals surface area contributed by atoms with Crippen LogP contribution in [0.1, 0.15) is 19.4 Å². The number of carbonyl (C=O) groups excluding carboxylic acids is 1. The number of ether oxygens (including phenoxy) is 2. The molecule has 0 saturated carbocycles. The number of aliphatic carboxylic acids is 1. The van der Waals surface area contributed by atoms with Crippen LogP contribution in [-0.4, -0.2) is 36.3 Å². The number of benzene rings is 1. The Morgan fingerprint density at radius 3 is 2.55 bits per heavy atom. The Kier molecular flexibility index (Phi) is 5.99. The second-order valence-corrected chi connectivity index (χ2v) is 4.58. The lowest BCUT2D eigenvalue weighted by Gasteiger charge is -2.13. The second-order valence-electron chi connectivity index (χ2n) is 4.58. The summed E-state index contributed by atoms with van der Waals surface area (Å²) in [5.41, 5.74) is 1.50. The van der Waals surface area contributed by atoms with Gasteiger partial charge in [0.1, 0.15) is 19.0 Å². The van der Waals surface area contributed by atoms with E-state index in [-0.39, 0.29) is 12.7 Å². The van der Waals surface area contributed by atoms with E-state index in [0.29, 0.717) is 5.69 Å². The largest absolute Gasteiger partial charge is 0.491 e. The van der Waals surface area contributed by atoms with Crippen molar-refractivity contribution < 1.29 is 24.2 Å². The molecular weight excluding hydrogens is 262 g/mol. The Labute approximate surface area is 117 Å². The monoisotopic (exact) mass is 281 g/mol. The van der Waals surface area contributed by atoms with Crippen LogP contribution in [0.2, 0.25) is 0 Å². The number of nitrogens with one attached hydrogen (secondary N) is 1. The van der Waals surface area contributed by atoms with Gasteiger partial charge in [-0.1, -0.05) is 0 Å². The molecule has 0 bridgehead atoms. The Morgan fingerprint density at radius 1 is 1.30 bits per heavy atom. The molecule has 0 saturated heterocycles. The number of carboxylic acid groups (broad SMARTS) is 1. The van der Waals surface area contributed by atoms with E-state index in [1.807, 2.05) is 26.8 Å². The lowest BCUT2D eigenvalue weighted by atomic mass is 10.2. The normalized spacial score (nSPS) is 10.4. The van der Waals surface area contributed by atoms with E-state index in [4.69, 9.17) is 14.6 Å². The molecule has 0 aliphatic rings. The van der Waals surface area contributed by atoms with Crippen LogP contribution in [0, 0.1) is 6.92 Å². The number of carboxylic acids is 1. The Morgan fingerprint density at radius 2 is 2.00 bits per heavy atom. The Balaban J connectivity index is 2.55. The van der Waals surface area contributed by atoms with Crippen molar-refractivity contribution in [3.05, 3.63) is 23.8 Å². The molecule has 0 fully saturated rings. The smallest absolute Gasteiger partial charge is 0.329 e. The highest BCUT2D eigenvalue weighted by atomic mass is 16.5. The minimum absolute atomic E-state index is 0.0826. The molecule has 1 aromatic carbocycles.